The summed E-state index contributed by atoms with van der Waals surface area (Å²) in [4.78, 5) is 2.23. The maximum absolute atomic E-state index is 6.39. The van der Waals surface area contributed by atoms with E-state index in [1.807, 2.05) is 36.4 Å². The van der Waals surface area contributed by atoms with Crippen LogP contribution in [0, 0.1) is 0 Å². The first-order chi connectivity index (χ1) is 13.2. The number of ether oxygens (including phenoxy) is 1. The van der Waals surface area contributed by atoms with Gasteiger partial charge in [-0.25, -0.2) is 0 Å². The predicted molar refractivity (Wildman–Crippen MR) is 110 cm³/mol. The van der Waals surface area contributed by atoms with Crippen LogP contribution in [0.25, 0.3) is 5.69 Å². The number of rotatable bonds is 5. The molecule has 0 N–H and O–H groups in total. The fraction of sp³-hybridized carbons (Fsp3) is 0.300. The molecule has 0 spiro atoms. The normalized spacial score (nSPS) is 15.7. The Morgan fingerprint density at radius 3 is 2.44 bits per heavy atom. The van der Waals surface area contributed by atoms with Gasteiger partial charge in [-0.1, -0.05) is 59.8 Å². The molecule has 0 bridgehead atoms. The second-order valence-electron chi connectivity index (χ2n) is 6.33. The van der Waals surface area contributed by atoms with Crippen LogP contribution in [0.3, 0.4) is 0 Å². The number of morpholine rings is 1. The third-order valence-corrected chi connectivity index (χ3v) is 5.98. The third-order valence-electron chi connectivity index (χ3n) is 4.55. The molecule has 2 aromatic carbocycles. The maximum atomic E-state index is 6.39. The van der Waals surface area contributed by atoms with E-state index in [-0.39, 0.29) is 5.25 Å². The van der Waals surface area contributed by atoms with Crippen LogP contribution >= 0.6 is 23.4 Å². The molecule has 1 fully saturated rings. The smallest absolute Gasteiger partial charge is 0.232 e. The molecule has 1 aromatic heterocycles. The molecule has 1 saturated heterocycles. The minimum atomic E-state index is 0.155. The van der Waals surface area contributed by atoms with Crippen molar-refractivity contribution < 1.29 is 4.74 Å². The van der Waals surface area contributed by atoms with Gasteiger partial charge in [0.05, 0.1) is 18.9 Å². The summed E-state index contributed by atoms with van der Waals surface area (Å²) in [7, 11) is 0. The monoisotopic (exact) mass is 400 g/mol. The number of nitrogens with zero attached hydrogens (tertiary/aromatic N) is 4. The van der Waals surface area contributed by atoms with E-state index in [0.717, 1.165) is 40.5 Å². The van der Waals surface area contributed by atoms with Crippen molar-refractivity contribution in [3.63, 3.8) is 0 Å². The molecule has 7 heteroatoms. The van der Waals surface area contributed by atoms with Crippen LogP contribution in [0.4, 0.5) is 5.95 Å². The molecule has 2 heterocycles. The Balaban J connectivity index is 1.70. The third kappa shape index (κ3) is 3.98. The topological polar surface area (TPSA) is 43.2 Å². The Labute approximate surface area is 168 Å². The highest BCUT2D eigenvalue weighted by Gasteiger charge is 2.23. The van der Waals surface area contributed by atoms with Crippen LogP contribution < -0.4 is 4.90 Å². The van der Waals surface area contributed by atoms with Gasteiger partial charge in [0.25, 0.3) is 0 Å². The number of hydrogen-bond donors (Lipinski definition) is 0. The highest BCUT2D eigenvalue weighted by molar-refractivity contribution is 7.99. The predicted octanol–water partition coefficient (Wildman–Crippen LogP) is 4.61. The Kier molecular flexibility index (Phi) is 5.66. The van der Waals surface area contributed by atoms with Crippen LogP contribution in [-0.2, 0) is 4.74 Å². The quantitative estimate of drug-likeness (QED) is 0.585. The molecule has 0 aliphatic carbocycles. The first-order valence-electron chi connectivity index (χ1n) is 8.98. The molecule has 1 aliphatic rings. The zero-order chi connectivity index (χ0) is 18.6. The molecular formula is C20H21ClN4OS. The minimum Gasteiger partial charge on any atom is -0.378 e. The Bertz CT molecular complexity index is 896. The molecule has 140 valence electrons. The standard InChI is InChI=1S/C20H21ClN4OS/c1-15(17-9-5-6-10-18(17)21)27-20-23-22-19(24-11-13-26-14-12-24)25(20)16-7-3-2-4-8-16/h2-10,15H,11-14H2,1H3. The van der Waals surface area contributed by atoms with Gasteiger partial charge in [-0.2, -0.15) is 0 Å². The van der Waals surface area contributed by atoms with Gasteiger partial charge in [0.15, 0.2) is 5.16 Å². The molecule has 3 aromatic rings. The Morgan fingerprint density at radius 1 is 1.00 bits per heavy atom. The van der Waals surface area contributed by atoms with E-state index in [0.29, 0.717) is 13.2 Å². The first kappa shape index (κ1) is 18.3. The Hall–Kier alpha value is -2.02. The number of aromatic nitrogens is 3. The zero-order valence-corrected chi connectivity index (χ0v) is 16.7. The fourth-order valence-electron chi connectivity index (χ4n) is 3.14. The molecule has 1 aliphatic heterocycles. The summed E-state index contributed by atoms with van der Waals surface area (Å²) in [5, 5.41) is 10.8. The van der Waals surface area contributed by atoms with E-state index in [9.17, 15) is 0 Å². The second-order valence-corrected chi connectivity index (χ2v) is 8.05. The van der Waals surface area contributed by atoms with Gasteiger partial charge in [-0.15, -0.1) is 10.2 Å². The van der Waals surface area contributed by atoms with E-state index in [4.69, 9.17) is 16.3 Å². The number of halogens is 1. The van der Waals surface area contributed by atoms with Crippen molar-refractivity contribution in [2.75, 3.05) is 31.2 Å². The molecule has 0 saturated carbocycles. The first-order valence-corrected chi connectivity index (χ1v) is 10.2. The van der Waals surface area contributed by atoms with E-state index >= 15 is 0 Å². The molecule has 1 unspecified atom stereocenters. The van der Waals surface area contributed by atoms with E-state index in [1.54, 1.807) is 11.8 Å². The van der Waals surface area contributed by atoms with Crippen LogP contribution in [0.1, 0.15) is 17.7 Å². The number of thioether (sulfide) groups is 1. The molecule has 5 nitrogen and oxygen atoms in total. The van der Waals surface area contributed by atoms with Gasteiger partial charge >= 0.3 is 0 Å². The number of para-hydroxylation sites is 1. The number of anilines is 1. The lowest BCUT2D eigenvalue weighted by Crippen LogP contribution is -2.37. The summed E-state index contributed by atoms with van der Waals surface area (Å²) in [5.74, 6) is 0.860. The summed E-state index contributed by atoms with van der Waals surface area (Å²) in [6, 6.07) is 18.2. The molecular weight excluding hydrogens is 380 g/mol. The van der Waals surface area contributed by atoms with Crippen molar-refractivity contribution in [3.8, 4) is 5.69 Å². The van der Waals surface area contributed by atoms with Crippen molar-refractivity contribution in [2.24, 2.45) is 0 Å². The van der Waals surface area contributed by atoms with Gasteiger partial charge in [-0.3, -0.25) is 4.57 Å². The van der Waals surface area contributed by atoms with Gasteiger partial charge in [0.2, 0.25) is 5.95 Å². The van der Waals surface area contributed by atoms with Crippen LogP contribution in [0.15, 0.2) is 59.8 Å². The summed E-state index contributed by atoms with van der Waals surface area (Å²) < 4.78 is 7.62. The molecule has 1 atom stereocenters. The van der Waals surface area contributed by atoms with Crippen molar-refractivity contribution in [2.45, 2.75) is 17.3 Å². The summed E-state index contributed by atoms with van der Waals surface area (Å²) in [5.41, 5.74) is 2.15. The lowest BCUT2D eigenvalue weighted by Gasteiger charge is -2.28. The average molecular weight is 401 g/mol. The van der Waals surface area contributed by atoms with Crippen molar-refractivity contribution in [1.29, 1.82) is 0 Å². The van der Waals surface area contributed by atoms with Gasteiger partial charge in [0.1, 0.15) is 0 Å². The molecule has 27 heavy (non-hydrogen) atoms. The van der Waals surface area contributed by atoms with E-state index < -0.39 is 0 Å². The minimum absolute atomic E-state index is 0.155. The van der Waals surface area contributed by atoms with E-state index in [1.165, 1.54) is 0 Å². The summed E-state index contributed by atoms with van der Waals surface area (Å²) >= 11 is 8.05. The average Bonchev–Trinajstić information content (AvgIpc) is 3.13. The van der Waals surface area contributed by atoms with Gasteiger partial charge in [-0.05, 0) is 30.7 Å². The number of benzene rings is 2. The largest absolute Gasteiger partial charge is 0.378 e. The van der Waals surface area contributed by atoms with E-state index in [2.05, 4.69) is 44.8 Å². The molecule has 0 radical (unpaired) electrons. The lowest BCUT2D eigenvalue weighted by molar-refractivity contribution is 0.122. The summed E-state index contributed by atoms with van der Waals surface area (Å²) in [6.45, 7) is 5.19. The highest BCUT2D eigenvalue weighted by Crippen LogP contribution is 2.39. The van der Waals surface area contributed by atoms with Crippen LogP contribution in [0.5, 0.6) is 0 Å². The van der Waals surface area contributed by atoms with Crippen molar-refractivity contribution in [3.05, 3.63) is 65.2 Å². The summed E-state index contributed by atoms with van der Waals surface area (Å²) in [6.07, 6.45) is 0. The van der Waals surface area contributed by atoms with Crippen molar-refractivity contribution >= 4 is 29.3 Å². The van der Waals surface area contributed by atoms with Gasteiger partial charge < -0.3 is 9.64 Å². The SMILES string of the molecule is CC(Sc1nnc(N2CCOCC2)n1-c1ccccc1)c1ccccc1Cl. The fourth-order valence-corrected chi connectivity index (χ4v) is 4.53. The van der Waals surface area contributed by atoms with Gasteiger partial charge in [0, 0.05) is 23.4 Å². The van der Waals surface area contributed by atoms with Crippen LogP contribution in [-0.4, -0.2) is 41.1 Å². The second kappa shape index (κ2) is 8.33. The molecule has 0 amide bonds. The zero-order valence-electron chi connectivity index (χ0n) is 15.1. The maximum Gasteiger partial charge on any atom is 0.232 e. The van der Waals surface area contributed by atoms with Crippen LogP contribution in [0.2, 0.25) is 5.02 Å². The number of hydrogen-bond acceptors (Lipinski definition) is 5. The lowest BCUT2D eigenvalue weighted by atomic mass is 10.2. The van der Waals surface area contributed by atoms with Crippen molar-refractivity contribution in [1.82, 2.24) is 14.8 Å². The highest BCUT2D eigenvalue weighted by atomic mass is 35.5. The molecule has 4 rings (SSSR count). The Morgan fingerprint density at radius 2 is 1.70 bits per heavy atom.